The first-order chi connectivity index (χ1) is 6.27. The third kappa shape index (κ3) is 2.15. The number of hydrogen-bond acceptors (Lipinski definition) is 2. The van der Waals surface area contributed by atoms with Crippen LogP contribution < -0.4 is 0 Å². The highest BCUT2D eigenvalue weighted by molar-refractivity contribution is 7.12. The molecule has 0 radical (unpaired) electrons. The molecule has 1 aromatic heterocycles. The molecule has 0 aliphatic carbocycles. The lowest BCUT2D eigenvalue weighted by Crippen LogP contribution is -2.16. The number of thiophene rings is 1. The Bertz CT molecular complexity index is 338. The first-order valence-corrected chi connectivity index (χ1v) is 4.73. The Morgan fingerprint density at radius 2 is 1.71 bits per heavy atom. The van der Waals surface area contributed by atoms with Crippen molar-refractivity contribution < 1.29 is 18.0 Å². The predicted molar refractivity (Wildman–Crippen MR) is 48.4 cm³/mol. The molecule has 1 nitrogen and oxygen atoms in total. The Labute approximate surface area is 83.6 Å². The number of hydrogen-bond donors (Lipinski definition) is 0. The van der Waals surface area contributed by atoms with Gasteiger partial charge in [-0.1, -0.05) is 0 Å². The largest absolute Gasteiger partial charge is 0.425 e. The molecule has 78 valence electrons. The van der Waals surface area contributed by atoms with Gasteiger partial charge in [0.15, 0.2) is 0 Å². The van der Waals surface area contributed by atoms with Crippen LogP contribution in [0.3, 0.4) is 0 Å². The molecule has 0 spiro atoms. The standard InChI is InChI=1S/C9H9F3OS/c1-8(2,5-13)6-3-4-7(14-6)9(10,11)12/h3-5H,1-2H3. The molecule has 1 rings (SSSR count). The van der Waals surface area contributed by atoms with Crippen LogP contribution in [0, 0.1) is 0 Å². The maximum absolute atomic E-state index is 12.2. The fraction of sp³-hybridized carbons (Fsp3) is 0.444. The molecule has 0 amide bonds. The van der Waals surface area contributed by atoms with E-state index in [0.29, 0.717) is 22.5 Å². The SMILES string of the molecule is CC(C)(C=O)c1ccc(C(F)(F)F)s1. The number of carbonyl (C=O) groups is 1. The second-order valence-electron chi connectivity index (χ2n) is 3.50. The number of halogens is 3. The minimum atomic E-state index is -4.32. The molecule has 1 aromatic rings. The van der Waals surface area contributed by atoms with Crippen molar-refractivity contribution in [3.8, 4) is 0 Å². The molecule has 0 aliphatic heterocycles. The summed E-state index contributed by atoms with van der Waals surface area (Å²) in [6.45, 7) is 3.18. The topological polar surface area (TPSA) is 17.1 Å². The maximum atomic E-state index is 12.2. The average Bonchev–Trinajstić information content (AvgIpc) is 2.51. The lowest BCUT2D eigenvalue weighted by molar-refractivity contribution is -0.134. The average molecular weight is 222 g/mol. The highest BCUT2D eigenvalue weighted by atomic mass is 32.1. The van der Waals surface area contributed by atoms with Gasteiger partial charge < -0.3 is 4.79 Å². The van der Waals surface area contributed by atoms with Gasteiger partial charge in [-0.3, -0.25) is 0 Å². The van der Waals surface area contributed by atoms with Crippen molar-refractivity contribution in [3.05, 3.63) is 21.9 Å². The predicted octanol–water partition coefficient (Wildman–Crippen LogP) is 3.24. The summed E-state index contributed by atoms with van der Waals surface area (Å²) in [5, 5.41) is 0. The van der Waals surface area contributed by atoms with Crippen LogP contribution in [0.1, 0.15) is 23.6 Å². The third-order valence-electron chi connectivity index (χ3n) is 1.82. The van der Waals surface area contributed by atoms with Crippen LogP contribution in [-0.4, -0.2) is 6.29 Å². The highest BCUT2D eigenvalue weighted by Gasteiger charge is 2.34. The molecular formula is C9H9F3OS. The zero-order valence-electron chi connectivity index (χ0n) is 7.68. The van der Waals surface area contributed by atoms with Crippen LogP contribution in [0.2, 0.25) is 0 Å². The second-order valence-corrected chi connectivity index (χ2v) is 4.58. The van der Waals surface area contributed by atoms with E-state index in [2.05, 4.69) is 0 Å². The van der Waals surface area contributed by atoms with E-state index >= 15 is 0 Å². The molecule has 0 atom stereocenters. The van der Waals surface area contributed by atoms with E-state index in [9.17, 15) is 18.0 Å². The van der Waals surface area contributed by atoms with Crippen molar-refractivity contribution in [2.24, 2.45) is 0 Å². The Kier molecular flexibility index (Phi) is 2.71. The van der Waals surface area contributed by atoms with Crippen molar-refractivity contribution >= 4 is 17.6 Å². The number of alkyl halides is 3. The van der Waals surface area contributed by atoms with Crippen molar-refractivity contribution in [2.75, 3.05) is 0 Å². The minimum Gasteiger partial charge on any atom is -0.302 e. The van der Waals surface area contributed by atoms with Crippen LogP contribution >= 0.6 is 11.3 Å². The summed E-state index contributed by atoms with van der Waals surface area (Å²) < 4.78 is 36.6. The molecule has 1 heterocycles. The first-order valence-electron chi connectivity index (χ1n) is 3.91. The molecule has 0 unspecified atom stereocenters. The van der Waals surface area contributed by atoms with Crippen LogP contribution in [0.4, 0.5) is 13.2 Å². The summed E-state index contributed by atoms with van der Waals surface area (Å²) in [5.41, 5.74) is -0.839. The Morgan fingerprint density at radius 1 is 1.21 bits per heavy atom. The lowest BCUT2D eigenvalue weighted by atomic mass is 9.94. The van der Waals surface area contributed by atoms with E-state index in [1.165, 1.54) is 6.07 Å². The normalized spacial score (nSPS) is 12.9. The molecule has 0 saturated carbocycles. The second kappa shape index (κ2) is 3.38. The molecule has 14 heavy (non-hydrogen) atoms. The summed E-state index contributed by atoms with van der Waals surface area (Å²) in [5.74, 6) is 0. The first kappa shape index (κ1) is 11.2. The number of aldehydes is 1. The van der Waals surface area contributed by atoms with E-state index in [1.54, 1.807) is 13.8 Å². The van der Waals surface area contributed by atoms with Crippen LogP contribution in [0.15, 0.2) is 12.1 Å². The zero-order chi connectivity index (χ0) is 11.0. The molecule has 0 N–H and O–H groups in total. The van der Waals surface area contributed by atoms with Gasteiger partial charge in [0.25, 0.3) is 0 Å². The molecule has 0 fully saturated rings. The fourth-order valence-electron chi connectivity index (χ4n) is 0.895. The van der Waals surface area contributed by atoms with E-state index in [0.717, 1.165) is 6.07 Å². The van der Waals surface area contributed by atoms with Gasteiger partial charge in [-0.25, -0.2) is 0 Å². The summed E-state index contributed by atoms with van der Waals surface area (Å²) >= 11 is 0.615. The van der Waals surface area contributed by atoms with Crippen LogP contribution in [0.25, 0.3) is 0 Å². The van der Waals surface area contributed by atoms with Crippen LogP contribution in [-0.2, 0) is 16.4 Å². The molecule has 0 saturated heterocycles. The molecule has 0 bridgehead atoms. The maximum Gasteiger partial charge on any atom is 0.425 e. The summed E-state index contributed by atoms with van der Waals surface area (Å²) in [6.07, 6.45) is -3.67. The number of rotatable bonds is 2. The van der Waals surface area contributed by atoms with Crippen LogP contribution in [0.5, 0.6) is 0 Å². The molecule has 0 aromatic carbocycles. The van der Waals surface area contributed by atoms with Crippen molar-refractivity contribution in [1.29, 1.82) is 0 Å². The minimum absolute atomic E-state index is 0.430. The van der Waals surface area contributed by atoms with Gasteiger partial charge in [0, 0.05) is 4.88 Å². The van der Waals surface area contributed by atoms with Gasteiger partial charge in [0.2, 0.25) is 0 Å². The van der Waals surface area contributed by atoms with Gasteiger partial charge >= 0.3 is 6.18 Å². The number of carbonyl (C=O) groups excluding carboxylic acids is 1. The summed E-state index contributed by atoms with van der Waals surface area (Å²) in [6, 6.07) is 2.35. The molecule has 5 heteroatoms. The summed E-state index contributed by atoms with van der Waals surface area (Å²) in [4.78, 5) is 10.4. The Hall–Kier alpha value is -0.840. The third-order valence-corrected chi connectivity index (χ3v) is 3.28. The van der Waals surface area contributed by atoms with Crippen molar-refractivity contribution in [3.63, 3.8) is 0 Å². The van der Waals surface area contributed by atoms with Gasteiger partial charge in [-0.15, -0.1) is 11.3 Å². The molecular weight excluding hydrogens is 213 g/mol. The van der Waals surface area contributed by atoms with E-state index in [1.807, 2.05) is 0 Å². The van der Waals surface area contributed by atoms with Crippen molar-refractivity contribution in [1.82, 2.24) is 0 Å². The quantitative estimate of drug-likeness (QED) is 0.702. The Morgan fingerprint density at radius 3 is 2.07 bits per heavy atom. The zero-order valence-corrected chi connectivity index (χ0v) is 8.50. The highest BCUT2D eigenvalue weighted by Crippen LogP contribution is 2.37. The smallest absolute Gasteiger partial charge is 0.302 e. The Balaban J connectivity index is 3.06. The molecule has 0 aliphatic rings. The van der Waals surface area contributed by atoms with E-state index in [-0.39, 0.29) is 0 Å². The van der Waals surface area contributed by atoms with Crippen molar-refractivity contribution in [2.45, 2.75) is 25.4 Å². The van der Waals surface area contributed by atoms with E-state index in [4.69, 9.17) is 0 Å². The van der Waals surface area contributed by atoms with Gasteiger partial charge in [-0.05, 0) is 26.0 Å². The monoisotopic (exact) mass is 222 g/mol. The van der Waals surface area contributed by atoms with Gasteiger partial charge in [0.1, 0.15) is 11.2 Å². The van der Waals surface area contributed by atoms with Gasteiger partial charge in [0.05, 0.1) is 5.41 Å². The van der Waals surface area contributed by atoms with E-state index < -0.39 is 16.5 Å². The summed E-state index contributed by atoms with van der Waals surface area (Å²) in [7, 11) is 0. The fourth-order valence-corrected chi connectivity index (χ4v) is 1.83. The van der Waals surface area contributed by atoms with Gasteiger partial charge in [-0.2, -0.15) is 13.2 Å². The lowest BCUT2D eigenvalue weighted by Gasteiger charge is -2.13.